The second-order valence-electron chi connectivity index (χ2n) is 8.01. The molecule has 1 amide bonds. The average molecular weight is 611 g/mol. The van der Waals surface area contributed by atoms with Crippen molar-refractivity contribution in [3.05, 3.63) is 76.8 Å². The number of rotatable bonds is 8. The molecule has 0 aliphatic carbocycles. The Balaban J connectivity index is 1.53. The SMILES string of the molecule is COc1ccc(S(=O)(=O)Nc2ccc(S(=O)(=O)Nc3ccc(Br)cc3)cc2)cc1C(=O)N1CCOCC1. The predicted molar refractivity (Wildman–Crippen MR) is 142 cm³/mol. The van der Waals surface area contributed by atoms with Crippen LogP contribution in [0, 0.1) is 0 Å². The van der Waals surface area contributed by atoms with Crippen LogP contribution in [-0.4, -0.2) is 61.1 Å². The summed E-state index contributed by atoms with van der Waals surface area (Å²) < 4.78 is 67.7. The molecule has 0 radical (unpaired) electrons. The molecular weight excluding hydrogens is 586 g/mol. The van der Waals surface area contributed by atoms with Gasteiger partial charge in [-0.25, -0.2) is 16.8 Å². The first kappa shape index (κ1) is 26.9. The van der Waals surface area contributed by atoms with Crippen molar-refractivity contribution in [1.82, 2.24) is 4.90 Å². The zero-order valence-corrected chi connectivity index (χ0v) is 22.9. The minimum absolute atomic E-state index is 0.0405. The standard InChI is InChI=1S/C24H24BrN3O7S2/c1-34-23-11-10-21(16-22(23)24(29)28-12-14-35-15-13-28)37(32,33)27-19-6-8-20(9-7-19)36(30,31)26-18-4-2-17(25)3-5-18/h2-11,16,26-27H,12-15H2,1H3. The number of nitrogens with zero attached hydrogens (tertiary/aromatic N) is 1. The van der Waals surface area contributed by atoms with Gasteiger partial charge >= 0.3 is 0 Å². The van der Waals surface area contributed by atoms with Gasteiger partial charge in [-0.3, -0.25) is 14.2 Å². The molecule has 3 aromatic rings. The second-order valence-corrected chi connectivity index (χ2v) is 12.3. The fraction of sp³-hybridized carbons (Fsp3) is 0.208. The molecule has 37 heavy (non-hydrogen) atoms. The lowest BCUT2D eigenvalue weighted by Crippen LogP contribution is -2.40. The smallest absolute Gasteiger partial charge is 0.261 e. The first-order chi connectivity index (χ1) is 17.6. The Morgan fingerprint density at radius 2 is 1.35 bits per heavy atom. The number of morpholine rings is 1. The van der Waals surface area contributed by atoms with Gasteiger partial charge in [-0.2, -0.15) is 0 Å². The minimum Gasteiger partial charge on any atom is -0.496 e. The quantitative estimate of drug-likeness (QED) is 0.399. The Hall–Kier alpha value is -3.13. The van der Waals surface area contributed by atoms with Crippen LogP contribution in [0.3, 0.4) is 0 Å². The van der Waals surface area contributed by atoms with E-state index in [1.807, 2.05) is 0 Å². The lowest BCUT2D eigenvalue weighted by molar-refractivity contribution is 0.0300. The van der Waals surface area contributed by atoms with E-state index in [1.165, 1.54) is 49.6 Å². The van der Waals surface area contributed by atoms with Crippen molar-refractivity contribution in [2.24, 2.45) is 0 Å². The van der Waals surface area contributed by atoms with Crippen LogP contribution in [0.25, 0.3) is 0 Å². The summed E-state index contributed by atoms with van der Waals surface area (Å²) in [6.45, 7) is 1.59. The van der Waals surface area contributed by atoms with Crippen molar-refractivity contribution < 1.29 is 31.1 Å². The molecule has 1 heterocycles. The molecule has 10 nitrogen and oxygen atoms in total. The molecule has 1 saturated heterocycles. The Labute approximate surface area is 223 Å². The fourth-order valence-corrected chi connectivity index (χ4v) is 6.01. The summed E-state index contributed by atoms with van der Waals surface area (Å²) in [6, 6.07) is 15.9. The van der Waals surface area contributed by atoms with Crippen LogP contribution in [0.5, 0.6) is 5.75 Å². The molecule has 0 spiro atoms. The molecule has 3 aromatic carbocycles. The number of hydrogen-bond donors (Lipinski definition) is 2. The molecule has 1 fully saturated rings. The number of carbonyl (C=O) groups is 1. The number of halogens is 1. The van der Waals surface area contributed by atoms with E-state index >= 15 is 0 Å². The number of nitrogens with one attached hydrogen (secondary N) is 2. The summed E-state index contributed by atoms with van der Waals surface area (Å²) in [5, 5.41) is 0. The largest absolute Gasteiger partial charge is 0.496 e. The third-order valence-corrected chi connectivity index (χ3v) is 8.83. The summed E-state index contributed by atoms with van der Waals surface area (Å²) in [7, 11) is -6.57. The maximum Gasteiger partial charge on any atom is 0.261 e. The van der Waals surface area contributed by atoms with Gasteiger partial charge in [-0.1, -0.05) is 15.9 Å². The van der Waals surface area contributed by atoms with Crippen LogP contribution in [0.15, 0.2) is 81.0 Å². The number of amides is 1. The summed E-state index contributed by atoms with van der Waals surface area (Å²) >= 11 is 3.29. The molecule has 4 rings (SSSR count). The lowest BCUT2D eigenvalue weighted by atomic mass is 10.1. The van der Waals surface area contributed by atoms with Crippen molar-refractivity contribution >= 4 is 53.3 Å². The number of methoxy groups -OCH3 is 1. The maximum atomic E-state index is 13.1. The van der Waals surface area contributed by atoms with E-state index in [1.54, 1.807) is 29.2 Å². The molecular formula is C24H24BrN3O7S2. The first-order valence-electron chi connectivity index (χ1n) is 11.1. The van der Waals surface area contributed by atoms with E-state index < -0.39 is 20.0 Å². The van der Waals surface area contributed by atoms with E-state index in [2.05, 4.69) is 25.4 Å². The van der Waals surface area contributed by atoms with E-state index in [-0.39, 0.29) is 32.7 Å². The number of benzene rings is 3. The van der Waals surface area contributed by atoms with Gasteiger partial charge in [-0.05, 0) is 66.7 Å². The highest BCUT2D eigenvalue weighted by molar-refractivity contribution is 9.10. The van der Waals surface area contributed by atoms with Gasteiger partial charge in [0.05, 0.1) is 35.7 Å². The maximum absolute atomic E-state index is 13.1. The van der Waals surface area contributed by atoms with E-state index in [9.17, 15) is 21.6 Å². The summed E-state index contributed by atoms with van der Waals surface area (Å²) in [5.74, 6) is -0.103. The van der Waals surface area contributed by atoms with Crippen LogP contribution in [0.4, 0.5) is 11.4 Å². The minimum atomic E-state index is -4.10. The van der Waals surface area contributed by atoms with Crippen molar-refractivity contribution in [1.29, 1.82) is 0 Å². The summed E-state index contributed by atoms with van der Waals surface area (Å²) in [5.41, 5.74) is 0.655. The topological polar surface area (TPSA) is 131 Å². The number of anilines is 2. The Bertz CT molecular complexity index is 1490. The van der Waals surface area contributed by atoms with Crippen molar-refractivity contribution in [2.45, 2.75) is 9.79 Å². The van der Waals surface area contributed by atoms with Gasteiger partial charge in [0.1, 0.15) is 5.75 Å². The summed E-state index contributed by atoms with van der Waals surface area (Å²) in [4.78, 5) is 14.4. The zero-order chi connectivity index (χ0) is 26.6. The van der Waals surface area contributed by atoms with Crippen LogP contribution >= 0.6 is 15.9 Å². The van der Waals surface area contributed by atoms with Crippen LogP contribution in [0.1, 0.15) is 10.4 Å². The van der Waals surface area contributed by atoms with Crippen LogP contribution < -0.4 is 14.2 Å². The third-order valence-electron chi connectivity index (χ3n) is 5.52. The van der Waals surface area contributed by atoms with Crippen molar-refractivity contribution in [3.63, 3.8) is 0 Å². The Kier molecular flexibility index (Phi) is 8.07. The fourth-order valence-electron chi connectivity index (χ4n) is 3.61. The molecule has 196 valence electrons. The van der Waals surface area contributed by atoms with E-state index in [0.29, 0.717) is 32.0 Å². The van der Waals surface area contributed by atoms with Crippen LogP contribution in [-0.2, 0) is 24.8 Å². The molecule has 1 aliphatic rings. The molecule has 0 aromatic heterocycles. The van der Waals surface area contributed by atoms with Gasteiger partial charge < -0.3 is 14.4 Å². The predicted octanol–water partition coefficient (Wildman–Crippen LogP) is 3.53. The molecule has 0 unspecified atom stereocenters. The van der Waals surface area contributed by atoms with Gasteiger partial charge in [0, 0.05) is 28.9 Å². The Morgan fingerprint density at radius 3 is 1.92 bits per heavy atom. The van der Waals surface area contributed by atoms with Gasteiger partial charge in [0.25, 0.3) is 26.0 Å². The highest BCUT2D eigenvalue weighted by Crippen LogP contribution is 2.26. The number of sulfonamides is 2. The second kappa shape index (κ2) is 11.1. The average Bonchev–Trinajstić information content (AvgIpc) is 2.89. The van der Waals surface area contributed by atoms with Crippen molar-refractivity contribution in [2.75, 3.05) is 42.9 Å². The van der Waals surface area contributed by atoms with Gasteiger partial charge in [0.15, 0.2) is 0 Å². The number of hydrogen-bond acceptors (Lipinski definition) is 7. The third kappa shape index (κ3) is 6.42. The number of ether oxygens (including phenoxy) is 2. The highest BCUT2D eigenvalue weighted by Gasteiger charge is 2.25. The van der Waals surface area contributed by atoms with Crippen LogP contribution in [0.2, 0.25) is 0 Å². The Morgan fingerprint density at radius 1 is 0.838 bits per heavy atom. The molecule has 0 bridgehead atoms. The lowest BCUT2D eigenvalue weighted by Gasteiger charge is -2.27. The first-order valence-corrected chi connectivity index (χ1v) is 14.8. The molecule has 2 N–H and O–H groups in total. The van der Waals surface area contributed by atoms with E-state index in [4.69, 9.17) is 9.47 Å². The van der Waals surface area contributed by atoms with Gasteiger partial charge in [-0.15, -0.1) is 0 Å². The summed E-state index contributed by atoms with van der Waals surface area (Å²) in [6.07, 6.45) is 0. The molecule has 13 heteroatoms. The monoisotopic (exact) mass is 609 g/mol. The zero-order valence-electron chi connectivity index (χ0n) is 19.7. The van der Waals surface area contributed by atoms with Gasteiger partial charge in [0.2, 0.25) is 0 Å². The molecule has 0 saturated carbocycles. The van der Waals surface area contributed by atoms with E-state index in [0.717, 1.165) is 4.47 Å². The number of carbonyl (C=O) groups excluding carboxylic acids is 1. The molecule has 1 aliphatic heterocycles. The van der Waals surface area contributed by atoms with Crippen molar-refractivity contribution in [3.8, 4) is 5.75 Å². The molecule has 0 atom stereocenters. The highest BCUT2D eigenvalue weighted by atomic mass is 79.9. The normalized spacial score (nSPS) is 14.2.